The minimum absolute atomic E-state index is 0.0574. The van der Waals surface area contributed by atoms with E-state index >= 15 is 0 Å². The van der Waals surface area contributed by atoms with E-state index < -0.39 is 6.04 Å². The molecular formula is C36H52Cl2N4O5. The van der Waals surface area contributed by atoms with Gasteiger partial charge in [-0.15, -0.1) is 0 Å². The van der Waals surface area contributed by atoms with Crippen molar-refractivity contribution in [3.05, 3.63) is 57.6 Å². The third-order valence-corrected chi connectivity index (χ3v) is 9.92. The number of ether oxygens (including phenoxy) is 2. The van der Waals surface area contributed by atoms with Gasteiger partial charge < -0.3 is 30.1 Å². The molecule has 0 unspecified atom stereocenters. The predicted octanol–water partition coefficient (Wildman–Crippen LogP) is 7.38. The maximum atomic E-state index is 14.4. The average Bonchev–Trinajstić information content (AvgIpc) is 3.04. The molecule has 4 atom stereocenters. The van der Waals surface area contributed by atoms with Gasteiger partial charge >= 0.3 is 6.03 Å². The van der Waals surface area contributed by atoms with Crippen LogP contribution < -0.4 is 15.4 Å². The van der Waals surface area contributed by atoms with Crippen molar-refractivity contribution in [2.24, 2.45) is 5.92 Å². The summed E-state index contributed by atoms with van der Waals surface area (Å²) in [6, 6.07) is 10.3. The Morgan fingerprint density at radius 1 is 1.04 bits per heavy atom. The van der Waals surface area contributed by atoms with Gasteiger partial charge in [0.1, 0.15) is 5.75 Å². The number of aliphatic hydroxyl groups excluding tert-OH is 1. The summed E-state index contributed by atoms with van der Waals surface area (Å²) in [6.45, 7) is 7.98. The number of urea groups is 1. The van der Waals surface area contributed by atoms with Crippen molar-refractivity contribution < 1.29 is 24.2 Å². The molecule has 0 bridgehead atoms. The minimum atomic E-state index is -0.455. The first-order chi connectivity index (χ1) is 22.5. The molecule has 3 amide bonds. The number of carbonyl (C=O) groups excluding carboxylic acids is 2. The lowest BCUT2D eigenvalue weighted by Gasteiger charge is -2.36. The third kappa shape index (κ3) is 11.2. The highest BCUT2D eigenvalue weighted by Crippen LogP contribution is 2.29. The van der Waals surface area contributed by atoms with Crippen molar-refractivity contribution in [1.29, 1.82) is 0 Å². The van der Waals surface area contributed by atoms with Crippen molar-refractivity contribution in [1.82, 2.24) is 15.1 Å². The summed E-state index contributed by atoms with van der Waals surface area (Å²) in [7, 11) is 2.04. The Morgan fingerprint density at radius 3 is 2.51 bits per heavy atom. The maximum Gasteiger partial charge on any atom is 0.319 e. The van der Waals surface area contributed by atoms with E-state index in [-0.39, 0.29) is 42.7 Å². The average molecular weight is 692 g/mol. The topological polar surface area (TPSA) is 103 Å². The highest BCUT2D eigenvalue weighted by atomic mass is 35.5. The molecule has 0 aromatic heterocycles. The van der Waals surface area contributed by atoms with Gasteiger partial charge in [0.05, 0.1) is 40.5 Å². The molecule has 2 aromatic carbocycles. The van der Waals surface area contributed by atoms with Gasteiger partial charge in [-0.05, 0) is 88.9 Å². The Bertz CT molecular complexity index is 1320. The summed E-state index contributed by atoms with van der Waals surface area (Å²) in [5.74, 6) is 0.143. The lowest BCUT2D eigenvalue weighted by Crippen LogP contribution is -2.47. The first kappa shape index (κ1) is 37.3. The summed E-state index contributed by atoms with van der Waals surface area (Å²) in [4.78, 5) is 31.1. The zero-order valence-electron chi connectivity index (χ0n) is 28.3. The fraction of sp³-hybridized carbons (Fsp3) is 0.611. The number of fused-ring (bicyclic) bond motifs is 1. The summed E-state index contributed by atoms with van der Waals surface area (Å²) in [5, 5.41) is 17.3. The Morgan fingerprint density at radius 2 is 1.79 bits per heavy atom. The lowest BCUT2D eigenvalue weighted by atomic mass is 9.96. The molecule has 1 aliphatic heterocycles. The van der Waals surface area contributed by atoms with Crippen LogP contribution in [0, 0.1) is 5.92 Å². The van der Waals surface area contributed by atoms with E-state index in [2.05, 4.69) is 22.5 Å². The number of benzene rings is 2. The van der Waals surface area contributed by atoms with E-state index in [0.717, 1.165) is 50.5 Å². The van der Waals surface area contributed by atoms with E-state index in [4.69, 9.17) is 32.7 Å². The summed E-state index contributed by atoms with van der Waals surface area (Å²) >= 11 is 12.4. The van der Waals surface area contributed by atoms with Crippen LogP contribution >= 0.6 is 23.2 Å². The summed E-state index contributed by atoms with van der Waals surface area (Å²) in [6.07, 6.45) is 7.69. The van der Waals surface area contributed by atoms with Gasteiger partial charge in [0.25, 0.3) is 5.91 Å². The van der Waals surface area contributed by atoms with Gasteiger partial charge in [-0.1, -0.05) is 55.5 Å². The number of likely N-dealkylation sites (N-methyl/N-ethyl adjacent to an activating group) is 1. The predicted molar refractivity (Wildman–Crippen MR) is 189 cm³/mol. The molecule has 1 saturated carbocycles. The smallest absolute Gasteiger partial charge is 0.319 e. The standard InChI is InChI=1S/C36H52Cl2N4O5/c1-24-20-42(25(2)23-43)35(44)30-19-29(40-36(45)39-28-11-6-5-7-12-28)14-16-33(30)47-26(3)10-8-9-17-46-34(24)22-41(4)21-27-13-15-31(37)32(38)18-27/h13-16,18-19,24-26,28,34,43H,5-12,17,20-23H2,1-4H3,(H2,39,40,45)/t24-,25+,26-,34+/m0/s1. The van der Waals surface area contributed by atoms with Crippen LogP contribution in [-0.2, 0) is 11.3 Å². The number of rotatable bonds is 8. The minimum Gasteiger partial charge on any atom is -0.490 e. The van der Waals surface area contributed by atoms with Gasteiger partial charge in [0.2, 0.25) is 0 Å². The van der Waals surface area contributed by atoms with Crippen LogP contribution in [0.2, 0.25) is 10.0 Å². The zero-order valence-corrected chi connectivity index (χ0v) is 29.8. The molecule has 4 rings (SSSR count). The maximum absolute atomic E-state index is 14.4. The monoisotopic (exact) mass is 690 g/mol. The van der Waals surface area contributed by atoms with Crippen LogP contribution in [0.3, 0.4) is 0 Å². The number of hydrogen-bond donors (Lipinski definition) is 3. The largest absolute Gasteiger partial charge is 0.490 e. The molecule has 1 aliphatic carbocycles. The fourth-order valence-electron chi connectivity index (χ4n) is 6.38. The van der Waals surface area contributed by atoms with Gasteiger partial charge in [-0.2, -0.15) is 0 Å². The van der Waals surface area contributed by atoms with E-state index in [9.17, 15) is 14.7 Å². The van der Waals surface area contributed by atoms with Crippen LogP contribution in [0.1, 0.15) is 88.1 Å². The molecule has 1 heterocycles. The first-order valence-electron chi connectivity index (χ1n) is 17.1. The van der Waals surface area contributed by atoms with Crippen molar-refractivity contribution >= 4 is 40.8 Å². The molecule has 47 heavy (non-hydrogen) atoms. The van der Waals surface area contributed by atoms with Gasteiger partial charge in [-0.3, -0.25) is 9.69 Å². The van der Waals surface area contributed by atoms with Crippen LogP contribution in [0.4, 0.5) is 10.5 Å². The molecule has 9 nitrogen and oxygen atoms in total. The van der Waals surface area contributed by atoms with E-state index in [0.29, 0.717) is 53.3 Å². The zero-order chi connectivity index (χ0) is 33.9. The van der Waals surface area contributed by atoms with Crippen LogP contribution in [0.5, 0.6) is 5.75 Å². The van der Waals surface area contributed by atoms with E-state index in [1.807, 2.05) is 33.0 Å². The van der Waals surface area contributed by atoms with Gasteiger partial charge in [-0.25, -0.2) is 4.79 Å². The van der Waals surface area contributed by atoms with Crippen molar-refractivity contribution in [3.63, 3.8) is 0 Å². The number of anilines is 1. The van der Waals surface area contributed by atoms with E-state index in [1.54, 1.807) is 29.2 Å². The van der Waals surface area contributed by atoms with Crippen LogP contribution in [0.25, 0.3) is 0 Å². The number of hydrogen-bond acceptors (Lipinski definition) is 6. The SMILES string of the molecule is C[C@H](CO)N1C[C@H](C)[C@@H](CN(C)Cc2ccc(Cl)c(Cl)c2)OCCCC[C@H](C)Oc2ccc(NC(=O)NC3CCCCC3)cc2C1=O. The van der Waals surface area contributed by atoms with Gasteiger partial charge in [0.15, 0.2) is 0 Å². The molecule has 2 aromatic rings. The van der Waals surface area contributed by atoms with Crippen LogP contribution in [0.15, 0.2) is 36.4 Å². The third-order valence-electron chi connectivity index (χ3n) is 9.18. The number of amides is 3. The number of nitrogens with one attached hydrogen (secondary N) is 2. The highest BCUT2D eigenvalue weighted by molar-refractivity contribution is 6.42. The highest BCUT2D eigenvalue weighted by Gasteiger charge is 2.30. The first-order valence-corrected chi connectivity index (χ1v) is 17.8. The summed E-state index contributed by atoms with van der Waals surface area (Å²) in [5.41, 5.74) is 1.91. The van der Waals surface area contributed by atoms with Gasteiger partial charge in [0, 0.05) is 43.9 Å². The Labute approximate surface area is 290 Å². The Hall–Kier alpha value is -2.56. The van der Waals surface area contributed by atoms with Crippen molar-refractivity contribution in [2.75, 3.05) is 38.7 Å². The Balaban J connectivity index is 1.56. The second kappa shape index (κ2) is 18.3. The molecular weight excluding hydrogens is 639 g/mol. The Kier molecular flexibility index (Phi) is 14.5. The van der Waals surface area contributed by atoms with Crippen molar-refractivity contribution in [2.45, 2.75) is 103 Å². The quantitative estimate of drug-likeness (QED) is 0.267. The number of halogens is 2. The lowest BCUT2D eigenvalue weighted by molar-refractivity contribution is -0.0177. The number of carbonyl (C=O) groups is 2. The fourth-order valence-corrected chi connectivity index (χ4v) is 6.70. The second-order valence-electron chi connectivity index (χ2n) is 13.4. The molecule has 0 radical (unpaired) electrons. The molecule has 11 heteroatoms. The molecule has 260 valence electrons. The number of aliphatic hydroxyl groups is 1. The molecule has 3 N–H and O–H groups in total. The molecule has 2 aliphatic rings. The van der Waals surface area contributed by atoms with Crippen molar-refractivity contribution in [3.8, 4) is 5.75 Å². The second-order valence-corrected chi connectivity index (χ2v) is 14.2. The summed E-state index contributed by atoms with van der Waals surface area (Å²) < 4.78 is 12.8. The molecule has 0 saturated heterocycles. The molecule has 1 fully saturated rings. The molecule has 0 spiro atoms. The van der Waals surface area contributed by atoms with Crippen LogP contribution in [-0.4, -0.2) is 84.5 Å². The number of nitrogens with zero attached hydrogens (tertiary/aromatic N) is 2. The normalized spacial score (nSPS) is 22.6. The van der Waals surface area contributed by atoms with E-state index in [1.165, 1.54) is 6.42 Å².